The van der Waals surface area contributed by atoms with E-state index in [2.05, 4.69) is 37.1 Å². The number of phenols is 1. The number of phenolic OH excluding ortho intramolecular Hbond substituents is 1. The molecule has 3 aromatic carbocycles. The van der Waals surface area contributed by atoms with Gasteiger partial charge in [0.25, 0.3) is 5.91 Å². The van der Waals surface area contributed by atoms with Crippen LogP contribution in [-0.4, -0.2) is 66.7 Å². The number of methoxy groups -OCH3 is 1. The Hall–Kier alpha value is -4.30. The fourth-order valence-corrected chi connectivity index (χ4v) is 6.11. The van der Waals surface area contributed by atoms with Crippen LogP contribution in [0, 0.1) is 5.82 Å². The molecule has 8 heteroatoms. The number of allylic oxidation sites excluding steroid dienone is 1. The third-order valence-electron chi connectivity index (χ3n) is 8.00. The van der Waals surface area contributed by atoms with E-state index in [1.807, 2.05) is 25.3 Å². The molecule has 6 rings (SSSR count). The number of fused-ring (bicyclic) bond motifs is 5. The molecule has 3 aliphatic rings. The normalized spacial score (nSPS) is 18.4. The number of carbonyl (C=O) groups is 1. The number of halogens is 1. The van der Waals surface area contributed by atoms with Gasteiger partial charge in [0.05, 0.1) is 18.2 Å². The Bertz CT molecular complexity index is 1630. The van der Waals surface area contributed by atoms with Gasteiger partial charge in [-0.05, 0) is 75.4 Å². The lowest BCUT2D eigenvalue weighted by atomic mass is 9.82. The Balaban J connectivity index is 1.56. The number of amides is 1. The highest BCUT2D eigenvalue weighted by atomic mass is 19.1. The Kier molecular flexibility index (Phi) is 6.53. The summed E-state index contributed by atoms with van der Waals surface area (Å²) in [6, 6.07) is 11.6. The van der Waals surface area contributed by atoms with Crippen LogP contribution in [0.25, 0.3) is 28.5 Å². The number of nitrogens with zero attached hydrogens (tertiary/aromatic N) is 2. The molecule has 0 spiro atoms. The van der Waals surface area contributed by atoms with Crippen LogP contribution in [0.3, 0.4) is 0 Å². The first-order valence-electron chi connectivity index (χ1n) is 13.8. The van der Waals surface area contributed by atoms with E-state index < -0.39 is 5.82 Å². The number of rotatable bonds is 3. The summed E-state index contributed by atoms with van der Waals surface area (Å²) in [6.07, 6.45) is 3.99. The zero-order chi connectivity index (χ0) is 29.1. The molecule has 41 heavy (non-hydrogen) atoms. The Morgan fingerprint density at radius 3 is 2.56 bits per heavy atom. The minimum atomic E-state index is -0.470. The van der Waals surface area contributed by atoms with Crippen molar-refractivity contribution in [2.75, 3.05) is 45.7 Å². The van der Waals surface area contributed by atoms with Crippen molar-refractivity contribution in [3.05, 3.63) is 76.6 Å². The number of ether oxygens (including phenoxy) is 2. The molecule has 212 valence electrons. The zero-order valence-electron chi connectivity index (χ0n) is 24.0. The van der Waals surface area contributed by atoms with Crippen LogP contribution in [0.5, 0.6) is 17.2 Å². The molecule has 1 amide bonds. The van der Waals surface area contributed by atoms with Gasteiger partial charge in [0.1, 0.15) is 17.3 Å². The van der Waals surface area contributed by atoms with Crippen molar-refractivity contribution in [1.82, 2.24) is 9.80 Å². The molecular weight excluding hydrogens is 521 g/mol. The lowest BCUT2D eigenvalue weighted by molar-refractivity contribution is 0.0663. The Labute approximate surface area is 239 Å². The summed E-state index contributed by atoms with van der Waals surface area (Å²) in [4.78, 5) is 17.6. The zero-order valence-corrected chi connectivity index (χ0v) is 24.0. The number of benzene rings is 3. The van der Waals surface area contributed by atoms with E-state index in [-0.39, 0.29) is 22.8 Å². The fraction of sp³-hybridized carbons (Fsp3) is 0.303. The summed E-state index contributed by atoms with van der Waals surface area (Å²) in [6.45, 7) is 8.97. The number of hydrogen-bond donors (Lipinski definition) is 2. The highest BCUT2D eigenvalue weighted by Gasteiger charge is 2.34. The van der Waals surface area contributed by atoms with Gasteiger partial charge in [0.2, 0.25) is 0 Å². The van der Waals surface area contributed by atoms with E-state index in [1.54, 1.807) is 17.0 Å². The minimum Gasteiger partial charge on any atom is -0.504 e. The number of nitrogens with one attached hydrogen (secondary N) is 1. The van der Waals surface area contributed by atoms with E-state index in [0.717, 1.165) is 41.0 Å². The maximum Gasteiger partial charge on any atom is 0.254 e. The van der Waals surface area contributed by atoms with Crippen LogP contribution >= 0.6 is 0 Å². The van der Waals surface area contributed by atoms with Gasteiger partial charge in [0.15, 0.2) is 11.5 Å². The van der Waals surface area contributed by atoms with Crippen LogP contribution < -0.4 is 14.8 Å². The van der Waals surface area contributed by atoms with Crippen LogP contribution in [0.4, 0.5) is 10.1 Å². The highest BCUT2D eigenvalue weighted by Crippen LogP contribution is 2.54. The average Bonchev–Trinajstić information content (AvgIpc) is 2.93. The molecule has 3 heterocycles. The van der Waals surface area contributed by atoms with E-state index in [4.69, 9.17) is 9.47 Å². The van der Waals surface area contributed by atoms with Gasteiger partial charge in [-0.3, -0.25) is 4.79 Å². The lowest BCUT2D eigenvalue weighted by Crippen LogP contribution is -2.47. The van der Waals surface area contributed by atoms with Crippen molar-refractivity contribution >= 4 is 29.0 Å². The topological polar surface area (TPSA) is 74.3 Å². The predicted octanol–water partition coefficient (Wildman–Crippen LogP) is 6.09. The number of piperazine rings is 1. The first-order valence-corrected chi connectivity index (χ1v) is 13.8. The van der Waals surface area contributed by atoms with Gasteiger partial charge >= 0.3 is 0 Å². The summed E-state index contributed by atoms with van der Waals surface area (Å²) in [5.74, 6) is 0.686. The van der Waals surface area contributed by atoms with Crippen molar-refractivity contribution in [2.24, 2.45) is 0 Å². The largest absolute Gasteiger partial charge is 0.504 e. The van der Waals surface area contributed by atoms with Crippen LogP contribution in [0.2, 0.25) is 0 Å². The maximum atomic E-state index is 14.5. The number of hydrogen-bond acceptors (Lipinski definition) is 6. The average molecular weight is 556 g/mol. The lowest BCUT2D eigenvalue weighted by Gasteiger charge is -2.35. The van der Waals surface area contributed by atoms with Gasteiger partial charge in [0, 0.05) is 54.1 Å². The van der Waals surface area contributed by atoms with Gasteiger partial charge in [-0.1, -0.05) is 18.2 Å². The molecule has 0 saturated carbocycles. The first kappa shape index (κ1) is 26.9. The SMILES string of the molecule is COc1c(O)ccc2c1-c1ccc3c(c1/C(=C/c1ccc(F)cc1C(=O)N1CCN(C)CC1)O2)C(C)=CC(C)(C)N3. The first-order chi connectivity index (χ1) is 19.6. The summed E-state index contributed by atoms with van der Waals surface area (Å²) < 4.78 is 26.7. The van der Waals surface area contributed by atoms with Crippen LogP contribution in [-0.2, 0) is 0 Å². The molecule has 3 aliphatic heterocycles. The van der Waals surface area contributed by atoms with Crippen molar-refractivity contribution in [3.63, 3.8) is 0 Å². The van der Waals surface area contributed by atoms with Gasteiger partial charge < -0.3 is 29.7 Å². The molecule has 0 aromatic heterocycles. The number of carbonyl (C=O) groups excluding carboxylic acids is 1. The van der Waals surface area contributed by atoms with Crippen molar-refractivity contribution in [2.45, 2.75) is 26.3 Å². The molecular formula is C33H34FN3O4. The third kappa shape index (κ3) is 4.72. The maximum absolute atomic E-state index is 14.5. The van der Waals surface area contributed by atoms with Crippen molar-refractivity contribution < 1.29 is 23.8 Å². The smallest absolute Gasteiger partial charge is 0.254 e. The molecule has 7 nitrogen and oxygen atoms in total. The molecule has 0 aliphatic carbocycles. The highest BCUT2D eigenvalue weighted by molar-refractivity contribution is 6.04. The standard InChI is InChI=1S/C33H34FN3O4/c1-19-18-33(2,3)35-24-9-8-22-29(28(19)24)27(41-26-11-10-25(38)31(40-5)30(22)26)16-20-6-7-21(34)17-23(20)32(39)37-14-12-36(4)13-15-37/h6-11,16-18,35,38H,12-15H2,1-5H3/b27-16-. The van der Waals surface area contributed by atoms with E-state index >= 15 is 0 Å². The summed E-state index contributed by atoms with van der Waals surface area (Å²) in [5, 5.41) is 14.2. The molecule has 0 bridgehead atoms. The molecule has 0 radical (unpaired) electrons. The van der Waals surface area contributed by atoms with Gasteiger partial charge in [-0.25, -0.2) is 4.39 Å². The molecule has 2 N–H and O–H groups in total. The van der Waals surface area contributed by atoms with E-state index in [0.29, 0.717) is 41.5 Å². The number of aromatic hydroxyl groups is 1. The van der Waals surface area contributed by atoms with Gasteiger partial charge in [-0.2, -0.15) is 0 Å². The second kappa shape index (κ2) is 9.96. The summed E-state index contributed by atoms with van der Waals surface area (Å²) >= 11 is 0. The van der Waals surface area contributed by atoms with Crippen molar-refractivity contribution in [1.29, 1.82) is 0 Å². The third-order valence-corrected chi connectivity index (χ3v) is 8.00. The van der Waals surface area contributed by atoms with E-state index in [9.17, 15) is 14.3 Å². The molecule has 1 saturated heterocycles. The predicted molar refractivity (Wildman–Crippen MR) is 160 cm³/mol. The molecule has 1 fully saturated rings. The summed E-state index contributed by atoms with van der Waals surface area (Å²) in [7, 11) is 3.54. The van der Waals surface area contributed by atoms with Gasteiger partial charge in [-0.15, -0.1) is 0 Å². The Morgan fingerprint density at radius 2 is 1.83 bits per heavy atom. The fourth-order valence-electron chi connectivity index (χ4n) is 6.11. The Morgan fingerprint density at radius 1 is 1.07 bits per heavy atom. The molecule has 0 atom stereocenters. The number of anilines is 1. The van der Waals surface area contributed by atoms with Crippen LogP contribution in [0.1, 0.15) is 47.8 Å². The second-order valence-corrected chi connectivity index (χ2v) is 11.5. The second-order valence-electron chi connectivity index (χ2n) is 11.5. The molecule has 3 aromatic rings. The van der Waals surface area contributed by atoms with Crippen LogP contribution in [0.15, 0.2) is 48.5 Å². The minimum absolute atomic E-state index is 0.0102. The monoisotopic (exact) mass is 555 g/mol. The van der Waals surface area contributed by atoms with E-state index in [1.165, 1.54) is 25.3 Å². The number of likely N-dealkylation sites (N-methyl/N-ethyl adjacent to an activating group) is 1. The van der Waals surface area contributed by atoms with Crippen molar-refractivity contribution in [3.8, 4) is 28.4 Å². The molecule has 0 unspecified atom stereocenters. The quantitative estimate of drug-likeness (QED) is 0.407. The summed E-state index contributed by atoms with van der Waals surface area (Å²) in [5.41, 5.74) is 5.84.